The topological polar surface area (TPSA) is 309 Å². The molecular formula is C79H69Br2FN20O7S3. The number of halogens is 3. The lowest BCUT2D eigenvalue weighted by Gasteiger charge is -2.29. The second kappa shape index (κ2) is 31.9. The molecule has 9 amide bonds. The summed E-state index contributed by atoms with van der Waals surface area (Å²) in [6.07, 6.45) is 10.3. The highest BCUT2D eigenvalue weighted by Crippen LogP contribution is 2.49. The van der Waals surface area contributed by atoms with Crippen molar-refractivity contribution in [3.05, 3.63) is 210 Å². The zero-order valence-corrected chi connectivity index (χ0v) is 65.6. The van der Waals surface area contributed by atoms with Gasteiger partial charge in [-0.2, -0.15) is 0 Å². The molecule has 0 atom stereocenters. The van der Waals surface area contributed by atoms with E-state index in [1.165, 1.54) is 110 Å². The first-order valence-electron chi connectivity index (χ1n) is 36.3. The van der Waals surface area contributed by atoms with Gasteiger partial charge in [0, 0.05) is 59.0 Å². The first-order chi connectivity index (χ1) is 54.6. The molecule has 19 rings (SSSR count). The number of aromatic nitrogens is 8. The van der Waals surface area contributed by atoms with Gasteiger partial charge in [0.05, 0.1) is 74.5 Å². The fourth-order valence-electron chi connectivity index (χ4n) is 14.4. The third-order valence-electron chi connectivity index (χ3n) is 20.0. The zero-order chi connectivity index (χ0) is 76.7. The molecule has 566 valence electrons. The molecule has 7 N–H and O–H groups in total. The molecule has 3 fully saturated rings. The molecular weight excluding hydrogens is 1620 g/mol. The number of imidazole rings is 1. The zero-order valence-electron chi connectivity index (χ0n) is 59.9. The Bertz CT molecular complexity index is 5590. The van der Waals surface area contributed by atoms with Gasteiger partial charge in [0.2, 0.25) is 0 Å². The smallest absolute Gasteiger partial charge is 0.332 e. The number of nitrogens with zero attached hydrogens (tertiary/aromatic N) is 13. The number of ether oxygens (including phenoxy) is 1. The lowest BCUT2D eigenvalue weighted by atomic mass is 10.1. The molecule has 13 aromatic rings. The van der Waals surface area contributed by atoms with E-state index in [0.717, 1.165) is 104 Å². The monoisotopic (exact) mass is 1680 g/mol. The molecule has 7 aromatic heterocycles. The lowest BCUT2D eigenvalue weighted by Crippen LogP contribution is -2.43. The van der Waals surface area contributed by atoms with Crippen LogP contribution in [0, 0.1) is 5.82 Å². The van der Waals surface area contributed by atoms with Crippen molar-refractivity contribution in [3.63, 3.8) is 0 Å². The summed E-state index contributed by atoms with van der Waals surface area (Å²) in [5.74, 6) is 0.901. The van der Waals surface area contributed by atoms with Gasteiger partial charge >= 0.3 is 18.1 Å². The molecule has 0 radical (unpaired) electrons. The van der Waals surface area contributed by atoms with Crippen LogP contribution in [-0.4, -0.2) is 156 Å². The number of fused-ring (bicyclic) bond motifs is 1. The van der Waals surface area contributed by atoms with E-state index in [0.29, 0.717) is 120 Å². The summed E-state index contributed by atoms with van der Waals surface area (Å²) >= 11 is 10.6. The molecule has 0 aliphatic carbocycles. The maximum Gasteiger partial charge on any atom is 0.332 e. The van der Waals surface area contributed by atoms with Gasteiger partial charge in [-0.3, -0.25) is 24.2 Å². The van der Waals surface area contributed by atoms with E-state index in [1.807, 2.05) is 103 Å². The third kappa shape index (κ3) is 15.4. The number of rotatable bonds is 15. The van der Waals surface area contributed by atoms with Crippen LogP contribution in [0.4, 0.5) is 81.7 Å². The fourth-order valence-corrected chi connectivity index (χ4v) is 17.9. The van der Waals surface area contributed by atoms with Gasteiger partial charge in [-0.1, -0.05) is 74.7 Å². The minimum atomic E-state index is -0.418. The number of anilines is 11. The lowest BCUT2D eigenvalue weighted by molar-refractivity contribution is 0.0342. The van der Waals surface area contributed by atoms with Crippen LogP contribution >= 0.6 is 65.9 Å². The van der Waals surface area contributed by atoms with Gasteiger partial charge < -0.3 is 46.5 Å². The van der Waals surface area contributed by atoms with Gasteiger partial charge in [-0.15, -0.1) is 34.0 Å². The number of morpholine rings is 1. The Morgan fingerprint density at radius 3 is 1.46 bits per heavy atom. The first-order valence-corrected chi connectivity index (χ1v) is 40.3. The molecule has 0 saturated carbocycles. The van der Waals surface area contributed by atoms with E-state index in [2.05, 4.69) is 138 Å². The van der Waals surface area contributed by atoms with Crippen molar-refractivity contribution in [2.24, 2.45) is 0 Å². The molecule has 112 heavy (non-hydrogen) atoms. The Morgan fingerprint density at radius 2 is 0.973 bits per heavy atom. The van der Waals surface area contributed by atoms with Crippen molar-refractivity contribution in [1.82, 2.24) is 59.9 Å². The van der Waals surface area contributed by atoms with E-state index in [1.54, 1.807) is 12.1 Å². The Morgan fingerprint density at radius 1 is 0.518 bits per heavy atom. The van der Waals surface area contributed by atoms with Gasteiger partial charge in [0.15, 0.2) is 17.5 Å². The first kappa shape index (κ1) is 73.6. The van der Waals surface area contributed by atoms with Gasteiger partial charge in [0.25, 0.3) is 17.7 Å². The molecule has 6 aliphatic rings. The third-order valence-corrected chi connectivity index (χ3v) is 24.4. The van der Waals surface area contributed by atoms with Crippen LogP contribution in [0.1, 0.15) is 83.6 Å². The minimum Gasteiger partial charge on any atom is -0.379 e. The molecule has 13 heterocycles. The van der Waals surface area contributed by atoms with E-state index in [9.17, 15) is 33.2 Å². The highest BCUT2D eigenvalue weighted by Gasteiger charge is 2.38. The van der Waals surface area contributed by atoms with E-state index in [-0.39, 0.29) is 41.6 Å². The molecule has 3 saturated heterocycles. The highest BCUT2D eigenvalue weighted by molar-refractivity contribution is 9.10. The molecule has 27 nitrogen and oxygen atoms in total. The summed E-state index contributed by atoms with van der Waals surface area (Å²) in [5, 5.41) is 19.7. The molecule has 33 heteroatoms. The van der Waals surface area contributed by atoms with Crippen LogP contribution in [0.2, 0.25) is 0 Å². The predicted octanol–water partition coefficient (Wildman–Crippen LogP) is 16.4. The van der Waals surface area contributed by atoms with Crippen LogP contribution in [0.5, 0.6) is 0 Å². The number of carbonyl (C=O) groups is 6. The Balaban J connectivity index is 0.000000122. The number of aromatic amines is 1. The van der Waals surface area contributed by atoms with Crippen molar-refractivity contribution in [1.29, 1.82) is 0 Å². The quantitative estimate of drug-likeness (QED) is 0.0501. The normalized spacial score (nSPS) is 15.8. The number of benzene rings is 6. The average molecular weight is 1690 g/mol. The SMILES string of the molecule is CN1CCC(NC(=O)c2sc3ncnc4c3c2NC(=O)N4c2ccc3nc(Cc4cccc(F)c4)[nH]c3c2)CC1.O=C(Nc1ccc(CN2CCCCC2)cc1)c1sc2ncnc3c2c1NC(=O)N3c1ccc(Br)cc1.O=C(Nc1ccc(CN2CCOCC2)cc1)c1sc2ncnc3c2c1NC(=O)N3c1ccc(Br)cc1. The molecule has 0 unspecified atom stereocenters. The maximum absolute atomic E-state index is 13.6. The molecule has 0 bridgehead atoms. The number of hydrogen-bond donors (Lipinski definition) is 7. The number of piperidine rings is 2. The summed E-state index contributed by atoms with van der Waals surface area (Å²) < 4.78 is 20.8. The van der Waals surface area contributed by atoms with E-state index in [4.69, 9.17) is 4.74 Å². The van der Waals surface area contributed by atoms with Gasteiger partial charge in [0.1, 0.15) is 59.7 Å². The average Bonchev–Trinajstić information content (AvgIpc) is 1.57. The van der Waals surface area contributed by atoms with Crippen LogP contribution in [0.15, 0.2) is 167 Å². The van der Waals surface area contributed by atoms with E-state index >= 15 is 0 Å². The van der Waals surface area contributed by atoms with Crippen LogP contribution in [0.3, 0.4) is 0 Å². The predicted molar refractivity (Wildman–Crippen MR) is 441 cm³/mol. The number of hydrogen-bond acceptors (Lipinski definition) is 20. The number of H-pyrrole nitrogens is 1. The van der Waals surface area contributed by atoms with Crippen LogP contribution in [-0.2, 0) is 24.2 Å². The number of likely N-dealkylation sites (tertiary alicyclic amines) is 2. The fraction of sp³-hybridized carbons (Fsp3) is 0.228. The maximum atomic E-state index is 13.6. The Kier molecular flexibility index (Phi) is 21.0. The summed E-state index contributed by atoms with van der Waals surface area (Å²) in [7, 11) is 2.08. The second-order valence-corrected chi connectivity index (χ2v) is 32.4. The van der Waals surface area contributed by atoms with Crippen molar-refractivity contribution < 1.29 is 37.9 Å². The number of amides is 9. The summed E-state index contributed by atoms with van der Waals surface area (Å²) in [6.45, 7) is 9.27. The Labute approximate surface area is 668 Å². The van der Waals surface area contributed by atoms with Gasteiger partial charge in [-0.05, 0) is 179 Å². The van der Waals surface area contributed by atoms with Gasteiger partial charge in [-0.25, -0.2) is 68.4 Å². The summed E-state index contributed by atoms with van der Waals surface area (Å²) in [4.78, 5) is 128. The minimum absolute atomic E-state index is 0.0920. The van der Waals surface area contributed by atoms with Crippen molar-refractivity contribution in [3.8, 4) is 0 Å². The molecule has 6 aliphatic heterocycles. The number of carbonyl (C=O) groups excluding carboxylic acids is 6. The summed E-state index contributed by atoms with van der Waals surface area (Å²) in [6, 6.07) is 41.3. The Hall–Kier alpha value is -11.1. The molecule has 6 aromatic carbocycles. The van der Waals surface area contributed by atoms with Crippen molar-refractivity contribution in [2.45, 2.75) is 57.7 Å². The molecule has 0 spiro atoms. The number of urea groups is 3. The van der Waals surface area contributed by atoms with Crippen molar-refractivity contribution >= 4 is 206 Å². The number of thiophene rings is 3. The van der Waals surface area contributed by atoms with Crippen LogP contribution < -0.4 is 46.6 Å². The largest absolute Gasteiger partial charge is 0.379 e. The second-order valence-electron chi connectivity index (χ2n) is 27.6. The van der Waals surface area contributed by atoms with Crippen LogP contribution in [0.25, 0.3) is 41.7 Å². The van der Waals surface area contributed by atoms with E-state index < -0.39 is 6.03 Å². The summed E-state index contributed by atoms with van der Waals surface area (Å²) in [5.41, 5.74) is 9.30. The van der Waals surface area contributed by atoms with Crippen molar-refractivity contribution in [2.75, 3.05) is 101 Å². The highest BCUT2D eigenvalue weighted by atomic mass is 79.9. The standard InChI is InChI=1S/C28H25FN8O2S.C26H23BrN6O2S.C25H21BrN6O3S/c1-36-9-7-17(8-10-36)32-26(38)24-23-22-25(30-14-31-27(22)40-24)37(28(39)35-23)18-5-6-19-20(13-18)34-21(33-19)12-15-3-2-4-16(29)11-15;27-17-6-10-19(11-7-17)33-23-20-21(31-26(33)35)22(36-25(20)29-15-28-23)24(34)30-18-8-4-16(5-9-18)14-32-12-2-1-3-13-32;26-16-3-7-18(8-4-16)32-22-19-20(30-25(32)34)21(36-24(19)28-14-27-22)23(33)29-17-5-1-15(2-6-17)13-31-9-11-35-12-10-31/h2-6,11,13-14,17H,7-10,12H2,1H3,(H,32,38)(H,33,34)(H,35,39);4-11,15H,1-3,12-14H2,(H,30,34)(H,31,35);1-8,14H,9-13H2,(H,29,33)(H,30,34). The number of nitrogens with one attached hydrogen (secondary N) is 7.